The van der Waals surface area contributed by atoms with E-state index in [1.54, 1.807) is 0 Å². The predicted molar refractivity (Wildman–Crippen MR) is 19.9 cm³/mol. The third kappa shape index (κ3) is 11.8. The van der Waals surface area contributed by atoms with Crippen molar-refractivity contribution in [3.05, 3.63) is 13.8 Å². The standard InChI is InChI=1S/C4H8.Ti/c1-3-4-2;/h1-4H2;/q-2;+2. The van der Waals surface area contributed by atoms with E-state index in [0.717, 1.165) is 12.8 Å². The fourth-order valence-corrected chi connectivity index (χ4v) is 0. The normalized spacial score (nSPS) is 6.00. The van der Waals surface area contributed by atoms with E-state index in [9.17, 15) is 0 Å². The first-order valence-corrected chi connectivity index (χ1v) is 1.50. The fraction of sp³-hybridized carbons (Fsp3) is 0.500. The summed E-state index contributed by atoms with van der Waals surface area (Å²) < 4.78 is 0. The molecule has 1 heteroatoms. The molecule has 5 heavy (non-hydrogen) atoms. The molecule has 0 fully saturated rings. The molecule has 0 aromatic rings. The van der Waals surface area contributed by atoms with E-state index in [1.165, 1.54) is 0 Å². The van der Waals surface area contributed by atoms with E-state index in [2.05, 4.69) is 13.8 Å². The molecule has 0 nitrogen and oxygen atoms in total. The molecule has 0 bridgehead atoms. The van der Waals surface area contributed by atoms with Gasteiger partial charge < -0.3 is 13.8 Å². The van der Waals surface area contributed by atoms with Crippen LogP contribution in [-0.4, -0.2) is 0 Å². The van der Waals surface area contributed by atoms with Crippen LogP contribution in [0.3, 0.4) is 0 Å². The third-order valence-corrected chi connectivity index (χ3v) is 0.250. The van der Waals surface area contributed by atoms with Crippen LogP contribution >= 0.6 is 0 Å². The summed E-state index contributed by atoms with van der Waals surface area (Å²) in [7, 11) is 0. The van der Waals surface area contributed by atoms with E-state index >= 15 is 0 Å². The summed E-state index contributed by atoms with van der Waals surface area (Å²) in [5.74, 6) is 0. The van der Waals surface area contributed by atoms with Crippen molar-refractivity contribution in [2.45, 2.75) is 12.8 Å². The van der Waals surface area contributed by atoms with Gasteiger partial charge in [0.25, 0.3) is 0 Å². The van der Waals surface area contributed by atoms with Crippen LogP contribution in [0.15, 0.2) is 0 Å². The Labute approximate surface area is 48.8 Å². The molecule has 0 aromatic carbocycles. The molecule has 0 aliphatic carbocycles. The monoisotopic (exact) mass is 104 g/mol. The molecule has 0 saturated carbocycles. The first kappa shape index (κ1) is 9.21. The van der Waals surface area contributed by atoms with Crippen LogP contribution < -0.4 is 0 Å². The molecule has 0 atom stereocenters. The molecule has 0 aliphatic heterocycles. The Morgan fingerprint density at radius 1 is 1.00 bits per heavy atom. The second-order valence-electron chi connectivity index (χ2n) is 0.707. The topological polar surface area (TPSA) is 0 Å². The Bertz CT molecular complexity index is 5.61. The maximum atomic E-state index is 3.54. The largest absolute Gasteiger partial charge is 2.00 e. The second-order valence-corrected chi connectivity index (χ2v) is 0.707. The number of hydrogen-bond acceptors (Lipinski definition) is 0. The molecular weight excluding hydrogens is 95.9 g/mol. The number of hydrogen-bond donors (Lipinski definition) is 0. The molecule has 0 N–H and O–H groups in total. The van der Waals surface area contributed by atoms with Crippen LogP contribution in [0.2, 0.25) is 0 Å². The van der Waals surface area contributed by atoms with Crippen LogP contribution in [0, 0.1) is 13.8 Å². The van der Waals surface area contributed by atoms with E-state index in [0.29, 0.717) is 0 Å². The zero-order chi connectivity index (χ0) is 3.41. The zero-order valence-electron chi connectivity index (χ0n) is 3.33. The molecule has 0 amide bonds. The molecule has 0 aromatic heterocycles. The van der Waals surface area contributed by atoms with Gasteiger partial charge in [0.15, 0.2) is 0 Å². The van der Waals surface area contributed by atoms with Gasteiger partial charge in [-0.15, -0.1) is 0 Å². The van der Waals surface area contributed by atoms with Crippen molar-refractivity contribution in [1.29, 1.82) is 0 Å². The Kier molecular flexibility index (Phi) is 16.3. The summed E-state index contributed by atoms with van der Waals surface area (Å²) in [5, 5.41) is 0. The molecule has 28 valence electrons. The van der Waals surface area contributed by atoms with Gasteiger partial charge >= 0.3 is 21.7 Å². The van der Waals surface area contributed by atoms with Crippen molar-refractivity contribution in [2.24, 2.45) is 0 Å². The zero-order valence-corrected chi connectivity index (χ0v) is 4.89. The Balaban J connectivity index is 0. The van der Waals surface area contributed by atoms with Gasteiger partial charge in [0.2, 0.25) is 0 Å². The Morgan fingerprint density at radius 2 is 1.20 bits per heavy atom. The van der Waals surface area contributed by atoms with Crippen LogP contribution in [0.4, 0.5) is 0 Å². The maximum absolute atomic E-state index is 3.54. The minimum absolute atomic E-state index is 0. The van der Waals surface area contributed by atoms with Gasteiger partial charge in [-0.1, -0.05) is 0 Å². The van der Waals surface area contributed by atoms with Gasteiger partial charge in [0.05, 0.1) is 0 Å². The Hall–Kier alpha value is 0.714. The van der Waals surface area contributed by atoms with Crippen LogP contribution in [0.1, 0.15) is 12.8 Å². The molecule has 0 aliphatic rings. The molecule has 0 spiro atoms. The van der Waals surface area contributed by atoms with Crippen molar-refractivity contribution >= 4 is 0 Å². The van der Waals surface area contributed by atoms with Gasteiger partial charge in [-0.25, -0.2) is 12.8 Å². The first-order chi connectivity index (χ1) is 1.91. The minimum atomic E-state index is 0. The van der Waals surface area contributed by atoms with Crippen molar-refractivity contribution in [3.8, 4) is 0 Å². The SMILES string of the molecule is [CH2-]CC[CH2-].[Ti+2]. The average Bonchev–Trinajstić information content (AvgIpc) is 1.37. The molecule has 0 rings (SSSR count). The predicted octanol–water partition coefficient (Wildman–Crippen LogP) is 1.43. The molecular formula is C4H8Ti. The summed E-state index contributed by atoms with van der Waals surface area (Å²) in [5.41, 5.74) is 0. The van der Waals surface area contributed by atoms with Gasteiger partial charge in [-0.3, -0.25) is 0 Å². The van der Waals surface area contributed by atoms with Gasteiger partial charge in [0, 0.05) is 0 Å². The van der Waals surface area contributed by atoms with Crippen molar-refractivity contribution in [1.82, 2.24) is 0 Å². The van der Waals surface area contributed by atoms with Crippen molar-refractivity contribution < 1.29 is 21.7 Å². The van der Waals surface area contributed by atoms with Crippen molar-refractivity contribution in [3.63, 3.8) is 0 Å². The van der Waals surface area contributed by atoms with E-state index in [1.807, 2.05) is 0 Å². The van der Waals surface area contributed by atoms with Gasteiger partial charge in [-0.05, 0) is 0 Å². The summed E-state index contributed by atoms with van der Waals surface area (Å²) in [6.45, 7) is 7.08. The smallest absolute Gasteiger partial charge is 0.346 e. The first-order valence-electron chi connectivity index (χ1n) is 1.50. The van der Waals surface area contributed by atoms with E-state index < -0.39 is 0 Å². The second kappa shape index (κ2) is 8.83. The molecule has 0 unspecified atom stereocenters. The minimum Gasteiger partial charge on any atom is -0.346 e. The van der Waals surface area contributed by atoms with E-state index in [-0.39, 0.29) is 21.7 Å². The summed E-state index contributed by atoms with van der Waals surface area (Å²) >= 11 is 0. The van der Waals surface area contributed by atoms with Gasteiger partial charge in [0.1, 0.15) is 0 Å². The quantitative estimate of drug-likeness (QED) is 0.348. The van der Waals surface area contributed by atoms with E-state index in [4.69, 9.17) is 0 Å². The maximum Gasteiger partial charge on any atom is 2.00 e. The fourth-order valence-electron chi connectivity index (χ4n) is 0. The van der Waals surface area contributed by atoms with Crippen LogP contribution in [-0.2, 0) is 21.7 Å². The van der Waals surface area contributed by atoms with Crippen LogP contribution in [0.5, 0.6) is 0 Å². The average molecular weight is 104 g/mol. The summed E-state index contributed by atoms with van der Waals surface area (Å²) in [4.78, 5) is 0. The van der Waals surface area contributed by atoms with Gasteiger partial charge in [-0.2, -0.15) is 0 Å². The van der Waals surface area contributed by atoms with Crippen molar-refractivity contribution in [2.75, 3.05) is 0 Å². The molecule has 0 saturated heterocycles. The summed E-state index contributed by atoms with van der Waals surface area (Å²) in [6, 6.07) is 0. The number of unbranched alkanes of at least 4 members (excludes halogenated alkanes) is 1. The Morgan fingerprint density at radius 3 is 1.20 bits per heavy atom. The third-order valence-electron chi connectivity index (χ3n) is 0.250. The molecule has 0 radical (unpaired) electrons. The molecule has 0 heterocycles. The summed E-state index contributed by atoms with van der Waals surface area (Å²) in [6.07, 6.45) is 1.92. The number of rotatable bonds is 1. The van der Waals surface area contributed by atoms with Crippen LogP contribution in [0.25, 0.3) is 0 Å².